The first kappa shape index (κ1) is 26.6. The van der Waals surface area contributed by atoms with E-state index in [0.29, 0.717) is 0 Å². The van der Waals surface area contributed by atoms with Gasteiger partial charge in [0, 0.05) is 41.5 Å². The molecule has 3 aromatic carbocycles. The van der Waals surface area contributed by atoms with Crippen LogP contribution >= 0.6 is 0 Å². The number of carbonyl (C=O) groups is 2. The summed E-state index contributed by atoms with van der Waals surface area (Å²) in [6.45, 7) is 6.12. The van der Waals surface area contributed by atoms with E-state index < -0.39 is 40.8 Å². The van der Waals surface area contributed by atoms with Crippen LogP contribution in [0.15, 0.2) is 36.4 Å². The molecule has 0 saturated carbocycles. The zero-order valence-electron chi connectivity index (χ0n) is 21.6. The van der Waals surface area contributed by atoms with Gasteiger partial charge in [0.05, 0.1) is 5.56 Å². The maximum atomic E-state index is 13.1. The predicted octanol–water partition coefficient (Wildman–Crippen LogP) is 4.85. The number of hydrogen-bond donors (Lipinski definition) is 5. The molecule has 0 radical (unpaired) electrons. The lowest BCUT2D eigenvalue weighted by Crippen LogP contribution is -2.28. The lowest BCUT2D eigenvalue weighted by Gasteiger charge is -2.31. The highest BCUT2D eigenvalue weighted by molar-refractivity contribution is 6.01. The van der Waals surface area contributed by atoms with E-state index in [-0.39, 0.29) is 63.5 Å². The Kier molecular flexibility index (Phi) is 6.84. The number of Topliss-reactive ketones (excluding diaryl/α,β-unsaturated/α-hetero) is 2. The molecule has 198 valence electrons. The maximum absolute atomic E-state index is 13.1. The smallest absolute Gasteiger partial charge is 0.167 e. The maximum Gasteiger partial charge on any atom is 0.167 e. The van der Waals surface area contributed by atoms with Gasteiger partial charge in [0.25, 0.3) is 0 Å². The minimum Gasteiger partial charge on any atom is -0.507 e. The van der Waals surface area contributed by atoms with Crippen LogP contribution in [0.25, 0.3) is 6.08 Å². The van der Waals surface area contributed by atoms with Gasteiger partial charge in [0.15, 0.2) is 5.78 Å². The number of aromatic hydroxyl groups is 5. The van der Waals surface area contributed by atoms with Crippen molar-refractivity contribution in [3.63, 3.8) is 0 Å². The first-order valence-electron chi connectivity index (χ1n) is 12.1. The molecule has 8 heteroatoms. The van der Waals surface area contributed by atoms with E-state index in [2.05, 4.69) is 0 Å². The summed E-state index contributed by atoms with van der Waals surface area (Å²) in [6.07, 6.45) is 2.86. The van der Waals surface area contributed by atoms with Crippen LogP contribution in [0.3, 0.4) is 0 Å². The van der Waals surface area contributed by atoms with Gasteiger partial charge in [-0.15, -0.1) is 0 Å². The van der Waals surface area contributed by atoms with Gasteiger partial charge in [-0.1, -0.05) is 30.3 Å². The molecule has 1 heterocycles. The van der Waals surface area contributed by atoms with Gasteiger partial charge < -0.3 is 30.3 Å². The van der Waals surface area contributed by atoms with Gasteiger partial charge in [-0.2, -0.15) is 0 Å². The Morgan fingerprint density at radius 3 is 2.08 bits per heavy atom. The average Bonchev–Trinajstić information content (AvgIpc) is 2.84. The molecule has 3 aromatic rings. The molecule has 0 aromatic heterocycles. The second-order valence-electron chi connectivity index (χ2n) is 10.1. The fourth-order valence-corrected chi connectivity index (χ4v) is 4.68. The molecule has 38 heavy (non-hydrogen) atoms. The molecule has 4 rings (SSSR count). The molecule has 0 unspecified atom stereocenters. The molecular formula is C30H30O8. The third kappa shape index (κ3) is 4.77. The van der Waals surface area contributed by atoms with Crippen molar-refractivity contribution in [1.82, 2.24) is 0 Å². The van der Waals surface area contributed by atoms with E-state index in [1.165, 1.54) is 6.92 Å². The Bertz CT molecular complexity index is 1480. The van der Waals surface area contributed by atoms with E-state index in [9.17, 15) is 35.1 Å². The number of benzene rings is 3. The van der Waals surface area contributed by atoms with E-state index in [4.69, 9.17) is 4.74 Å². The van der Waals surface area contributed by atoms with Crippen molar-refractivity contribution in [1.29, 1.82) is 0 Å². The number of carbonyl (C=O) groups excluding carboxylic acids is 2. The van der Waals surface area contributed by atoms with Crippen LogP contribution in [0, 0.1) is 6.92 Å². The van der Waals surface area contributed by atoms with E-state index in [1.807, 2.05) is 30.3 Å². The fraction of sp³-hybridized carbons (Fsp3) is 0.267. The van der Waals surface area contributed by atoms with Crippen LogP contribution < -0.4 is 4.74 Å². The number of ether oxygens (including phenoxy) is 1. The van der Waals surface area contributed by atoms with Crippen molar-refractivity contribution in [2.45, 2.75) is 52.6 Å². The number of ketones is 2. The molecule has 1 aliphatic rings. The average molecular weight is 519 g/mol. The second kappa shape index (κ2) is 9.78. The summed E-state index contributed by atoms with van der Waals surface area (Å²) in [5, 5.41) is 54.3. The van der Waals surface area contributed by atoms with Gasteiger partial charge in [-0.3, -0.25) is 9.59 Å². The quantitative estimate of drug-likeness (QED) is 0.279. The summed E-state index contributed by atoms with van der Waals surface area (Å²) < 4.78 is 6.07. The van der Waals surface area contributed by atoms with E-state index >= 15 is 0 Å². The minimum atomic E-state index is -0.772. The molecule has 5 N–H and O–H groups in total. The highest BCUT2D eigenvalue weighted by Crippen LogP contribution is 2.50. The van der Waals surface area contributed by atoms with Crippen LogP contribution in [0.4, 0.5) is 0 Å². The van der Waals surface area contributed by atoms with Crippen molar-refractivity contribution >= 4 is 17.6 Å². The normalized spacial score (nSPS) is 13.6. The Morgan fingerprint density at radius 2 is 1.45 bits per heavy atom. The Labute approximate surface area is 220 Å². The van der Waals surface area contributed by atoms with Crippen molar-refractivity contribution in [3.8, 4) is 34.5 Å². The summed E-state index contributed by atoms with van der Waals surface area (Å²) in [6, 6.07) is 9.14. The third-order valence-corrected chi connectivity index (χ3v) is 6.73. The molecular weight excluding hydrogens is 488 g/mol. The molecule has 0 fully saturated rings. The van der Waals surface area contributed by atoms with Gasteiger partial charge in [0.2, 0.25) is 0 Å². The lowest BCUT2D eigenvalue weighted by atomic mass is 9.88. The first-order chi connectivity index (χ1) is 17.8. The molecule has 0 atom stereocenters. The summed E-state index contributed by atoms with van der Waals surface area (Å²) in [5.74, 6) is -3.17. The second-order valence-corrected chi connectivity index (χ2v) is 10.1. The van der Waals surface area contributed by atoms with Crippen molar-refractivity contribution in [2.24, 2.45) is 0 Å². The predicted molar refractivity (Wildman–Crippen MR) is 141 cm³/mol. The van der Waals surface area contributed by atoms with Crippen LogP contribution in [0.1, 0.15) is 64.5 Å². The van der Waals surface area contributed by atoms with Gasteiger partial charge in [-0.05, 0) is 45.4 Å². The Hall–Kier alpha value is -4.46. The van der Waals surface area contributed by atoms with Crippen LogP contribution in [0.2, 0.25) is 0 Å². The Balaban J connectivity index is 1.87. The van der Waals surface area contributed by atoms with E-state index in [0.717, 1.165) is 12.5 Å². The SMILES string of the molecule is CC(=O)c1c(O)c(C)c(O)c(Cc2c(O)c3c(c(CC(=O)Cc4ccccc4)c2O)OC(C)(C)C=C3)c1O. The molecule has 0 aliphatic carbocycles. The molecule has 0 saturated heterocycles. The lowest BCUT2D eigenvalue weighted by molar-refractivity contribution is -0.117. The topological polar surface area (TPSA) is 145 Å². The van der Waals surface area contributed by atoms with Crippen LogP contribution in [-0.4, -0.2) is 42.7 Å². The van der Waals surface area contributed by atoms with Crippen LogP contribution in [-0.2, 0) is 24.1 Å². The minimum absolute atomic E-state index is 0.0387. The van der Waals surface area contributed by atoms with E-state index in [1.54, 1.807) is 26.0 Å². The number of hydrogen-bond acceptors (Lipinski definition) is 8. The zero-order chi connectivity index (χ0) is 27.9. The van der Waals surface area contributed by atoms with Crippen molar-refractivity contribution in [3.05, 3.63) is 75.4 Å². The third-order valence-electron chi connectivity index (χ3n) is 6.73. The monoisotopic (exact) mass is 518 g/mol. The fourth-order valence-electron chi connectivity index (χ4n) is 4.68. The summed E-state index contributed by atoms with van der Waals surface area (Å²) in [4.78, 5) is 25.2. The van der Waals surface area contributed by atoms with Gasteiger partial charge >= 0.3 is 0 Å². The summed E-state index contributed by atoms with van der Waals surface area (Å²) >= 11 is 0. The highest BCUT2D eigenvalue weighted by atomic mass is 16.5. The first-order valence-corrected chi connectivity index (χ1v) is 12.1. The van der Waals surface area contributed by atoms with Crippen molar-refractivity contribution < 1.29 is 39.9 Å². The van der Waals surface area contributed by atoms with Crippen molar-refractivity contribution in [2.75, 3.05) is 0 Å². The van der Waals surface area contributed by atoms with Crippen LogP contribution in [0.5, 0.6) is 34.5 Å². The number of phenols is 5. The van der Waals surface area contributed by atoms with Gasteiger partial charge in [0.1, 0.15) is 51.4 Å². The number of phenolic OH excluding ortho intramolecular Hbond substituents is 5. The summed E-state index contributed by atoms with van der Waals surface area (Å²) in [5.41, 5.74) is -0.238. The number of fused-ring (bicyclic) bond motifs is 1. The molecule has 8 nitrogen and oxygen atoms in total. The Morgan fingerprint density at radius 1 is 0.816 bits per heavy atom. The molecule has 0 bridgehead atoms. The zero-order valence-corrected chi connectivity index (χ0v) is 21.6. The standard InChI is InChI=1S/C30H30O8/c1-15-24(33)20(28(37)23(16(2)31)25(15)34)14-21-26(35)19-10-11-30(3,4)38-29(19)22(27(21)36)13-18(32)12-17-8-6-5-7-9-17/h5-11,33-37H,12-14H2,1-4H3. The summed E-state index contributed by atoms with van der Waals surface area (Å²) in [7, 11) is 0. The molecule has 1 aliphatic heterocycles. The molecule has 0 amide bonds. The largest absolute Gasteiger partial charge is 0.507 e. The van der Waals surface area contributed by atoms with Gasteiger partial charge in [-0.25, -0.2) is 0 Å². The highest BCUT2D eigenvalue weighted by Gasteiger charge is 2.33. The molecule has 0 spiro atoms. The number of rotatable bonds is 7.